The third kappa shape index (κ3) is 3.54. The molecule has 0 amide bonds. The molecule has 0 aliphatic heterocycles. The first-order chi connectivity index (χ1) is 12.8. The summed E-state index contributed by atoms with van der Waals surface area (Å²) in [6, 6.07) is 15.2. The number of carbonyl (C=O) groups is 1. The zero-order valence-electron chi connectivity index (χ0n) is 13.9. The second-order valence-electron chi connectivity index (χ2n) is 5.96. The van der Waals surface area contributed by atoms with E-state index >= 15 is 0 Å². The van der Waals surface area contributed by atoms with Gasteiger partial charge in [-0.25, -0.2) is 8.42 Å². The maximum Gasteiger partial charge on any atom is 0.315 e. The zero-order chi connectivity index (χ0) is 19.7. The Morgan fingerprint density at radius 2 is 1.70 bits per heavy atom. The van der Waals surface area contributed by atoms with Crippen LogP contribution < -0.4 is 0 Å². The van der Waals surface area contributed by atoms with Crippen molar-refractivity contribution in [1.29, 1.82) is 0 Å². The monoisotopic (exact) mass is 405 g/mol. The summed E-state index contributed by atoms with van der Waals surface area (Å²) < 4.78 is 26.1. The molecule has 0 saturated carbocycles. The second-order valence-corrected chi connectivity index (χ2v) is 8.28. The van der Waals surface area contributed by atoms with Crippen LogP contribution in [0.1, 0.15) is 0 Å². The Bertz CT molecular complexity index is 1020. The van der Waals surface area contributed by atoms with E-state index in [9.17, 15) is 23.4 Å². The summed E-state index contributed by atoms with van der Waals surface area (Å²) in [6.07, 6.45) is 4.95. The fourth-order valence-electron chi connectivity index (χ4n) is 2.80. The summed E-state index contributed by atoms with van der Waals surface area (Å²) in [5.74, 6) is -2.95. The fourth-order valence-corrected chi connectivity index (χ4v) is 4.47. The SMILES string of the molecule is O=C(O)C1C=CC=CC1(O)N(Cl)S(=O)(=O)c1cccc(-c2ccccc2)c1. The van der Waals surface area contributed by atoms with Crippen LogP contribution in [0.4, 0.5) is 0 Å². The molecule has 2 aromatic rings. The molecule has 2 atom stereocenters. The molecule has 1 aliphatic rings. The minimum absolute atomic E-state index is 0.167. The van der Waals surface area contributed by atoms with Gasteiger partial charge in [0.2, 0.25) is 0 Å². The summed E-state index contributed by atoms with van der Waals surface area (Å²) >= 11 is 6.01. The van der Waals surface area contributed by atoms with Crippen LogP contribution in [0, 0.1) is 5.92 Å². The van der Waals surface area contributed by atoms with Gasteiger partial charge in [-0.2, -0.15) is 0 Å². The Balaban J connectivity index is 2.03. The molecule has 1 aliphatic carbocycles. The van der Waals surface area contributed by atoms with Crippen molar-refractivity contribution in [3.63, 3.8) is 0 Å². The molecule has 3 rings (SSSR count). The van der Waals surface area contributed by atoms with Crippen LogP contribution >= 0.6 is 11.8 Å². The minimum atomic E-state index is -4.39. The number of sulfonamides is 1. The number of benzene rings is 2. The lowest BCUT2D eigenvalue weighted by Gasteiger charge is -2.35. The van der Waals surface area contributed by atoms with Gasteiger partial charge in [-0.05, 0) is 41.1 Å². The zero-order valence-corrected chi connectivity index (χ0v) is 15.5. The molecule has 0 radical (unpaired) electrons. The van der Waals surface area contributed by atoms with Crippen LogP contribution in [0.25, 0.3) is 11.1 Å². The molecule has 0 bridgehead atoms. The van der Waals surface area contributed by atoms with Gasteiger partial charge >= 0.3 is 5.97 Å². The molecule has 2 aromatic carbocycles. The normalized spacial score (nSPS) is 22.1. The predicted octanol–water partition coefficient (Wildman–Crippen LogP) is 3.01. The molecule has 2 unspecified atom stereocenters. The first kappa shape index (κ1) is 19.3. The van der Waals surface area contributed by atoms with E-state index < -0.39 is 27.6 Å². The van der Waals surface area contributed by atoms with Crippen LogP contribution in [0.15, 0.2) is 83.8 Å². The van der Waals surface area contributed by atoms with E-state index in [0.29, 0.717) is 5.56 Å². The Kier molecular flexibility index (Phi) is 5.21. The van der Waals surface area contributed by atoms with E-state index in [4.69, 9.17) is 11.8 Å². The maximum absolute atomic E-state index is 13.0. The minimum Gasteiger partial charge on any atom is -0.481 e. The van der Waals surface area contributed by atoms with Crippen molar-refractivity contribution >= 4 is 27.8 Å². The van der Waals surface area contributed by atoms with Gasteiger partial charge in [0.05, 0.1) is 4.90 Å². The molecule has 27 heavy (non-hydrogen) atoms. The largest absolute Gasteiger partial charge is 0.481 e. The molecular formula is C19H16ClNO5S. The van der Waals surface area contributed by atoms with E-state index in [1.807, 2.05) is 30.3 Å². The number of aliphatic carboxylic acids is 1. The number of hydrogen-bond donors (Lipinski definition) is 2. The van der Waals surface area contributed by atoms with Crippen LogP contribution in [-0.4, -0.2) is 34.1 Å². The van der Waals surface area contributed by atoms with Gasteiger partial charge in [-0.1, -0.05) is 64.5 Å². The van der Waals surface area contributed by atoms with Crippen LogP contribution in [0.5, 0.6) is 0 Å². The number of allylic oxidation sites excluding steroid dienone is 2. The van der Waals surface area contributed by atoms with Crippen molar-refractivity contribution in [3.05, 3.63) is 78.9 Å². The number of halogens is 1. The molecule has 140 valence electrons. The Morgan fingerprint density at radius 1 is 1.04 bits per heavy atom. The molecule has 8 heteroatoms. The van der Waals surface area contributed by atoms with Crippen molar-refractivity contribution in [3.8, 4) is 11.1 Å². The highest BCUT2D eigenvalue weighted by molar-refractivity contribution is 7.90. The summed E-state index contributed by atoms with van der Waals surface area (Å²) in [5.41, 5.74) is -0.995. The van der Waals surface area contributed by atoms with Crippen molar-refractivity contribution in [2.45, 2.75) is 10.6 Å². The lowest BCUT2D eigenvalue weighted by Crippen LogP contribution is -2.53. The first-order valence-electron chi connectivity index (χ1n) is 7.95. The number of rotatable bonds is 5. The van der Waals surface area contributed by atoms with Crippen molar-refractivity contribution < 1.29 is 23.4 Å². The molecule has 2 N–H and O–H groups in total. The van der Waals surface area contributed by atoms with E-state index in [-0.39, 0.29) is 8.72 Å². The molecule has 0 aromatic heterocycles. The van der Waals surface area contributed by atoms with Gasteiger partial charge in [-0.3, -0.25) is 4.79 Å². The van der Waals surface area contributed by atoms with Gasteiger partial charge in [-0.15, -0.1) is 0 Å². The summed E-state index contributed by atoms with van der Waals surface area (Å²) in [7, 11) is -4.39. The smallest absolute Gasteiger partial charge is 0.315 e. The average Bonchev–Trinajstić information content (AvgIpc) is 2.68. The highest BCUT2D eigenvalue weighted by Gasteiger charge is 2.49. The Morgan fingerprint density at radius 3 is 2.37 bits per heavy atom. The highest BCUT2D eigenvalue weighted by Crippen LogP contribution is 2.36. The van der Waals surface area contributed by atoms with E-state index in [0.717, 1.165) is 11.6 Å². The molecule has 6 nitrogen and oxygen atoms in total. The van der Waals surface area contributed by atoms with Gasteiger partial charge in [0.15, 0.2) is 5.72 Å². The standard InChI is InChI=1S/C19H16ClNO5S/c20-21(19(24)12-5-4-11-17(19)18(22)23)27(25,26)16-10-6-9-15(13-16)14-7-2-1-3-8-14/h1-13,17,24H,(H,22,23). The Labute approximate surface area is 161 Å². The van der Waals surface area contributed by atoms with E-state index in [1.54, 1.807) is 12.1 Å². The van der Waals surface area contributed by atoms with Gasteiger partial charge < -0.3 is 10.2 Å². The summed E-state index contributed by atoms with van der Waals surface area (Å²) in [4.78, 5) is 11.3. The van der Waals surface area contributed by atoms with Crippen molar-refractivity contribution in [2.75, 3.05) is 0 Å². The van der Waals surface area contributed by atoms with Crippen molar-refractivity contribution in [1.82, 2.24) is 3.82 Å². The third-order valence-electron chi connectivity index (χ3n) is 4.21. The number of aliphatic hydroxyl groups is 1. The number of hydrogen-bond acceptors (Lipinski definition) is 4. The lowest BCUT2D eigenvalue weighted by atomic mass is 9.92. The van der Waals surface area contributed by atoms with E-state index in [1.165, 1.54) is 30.4 Å². The molecular weight excluding hydrogens is 390 g/mol. The van der Waals surface area contributed by atoms with Crippen LogP contribution in [0.3, 0.4) is 0 Å². The first-order valence-corrected chi connectivity index (χ1v) is 9.72. The average molecular weight is 406 g/mol. The number of nitrogens with zero attached hydrogens (tertiary/aromatic N) is 1. The van der Waals surface area contributed by atoms with Gasteiger partial charge in [0.25, 0.3) is 10.0 Å². The maximum atomic E-state index is 13.0. The quantitative estimate of drug-likeness (QED) is 0.589. The van der Waals surface area contributed by atoms with Crippen LogP contribution in [-0.2, 0) is 14.8 Å². The molecule has 0 saturated heterocycles. The number of carboxylic acid groups (broad SMARTS) is 1. The molecule has 0 heterocycles. The van der Waals surface area contributed by atoms with Crippen LogP contribution in [0.2, 0.25) is 0 Å². The Hall–Kier alpha value is -2.45. The van der Waals surface area contributed by atoms with Gasteiger partial charge in [0.1, 0.15) is 5.92 Å². The van der Waals surface area contributed by atoms with Gasteiger partial charge in [0, 0.05) is 0 Å². The number of carboxylic acids is 1. The summed E-state index contributed by atoms with van der Waals surface area (Å²) in [5, 5.41) is 20.1. The topological polar surface area (TPSA) is 94.9 Å². The molecule has 0 fully saturated rings. The fraction of sp³-hybridized carbons (Fsp3) is 0.105. The molecule has 0 spiro atoms. The second kappa shape index (κ2) is 7.28. The summed E-state index contributed by atoms with van der Waals surface area (Å²) in [6.45, 7) is 0. The predicted molar refractivity (Wildman–Crippen MR) is 101 cm³/mol. The highest BCUT2D eigenvalue weighted by atomic mass is 35.5. The lowest BCUT2D eigenvalue weighted by molar-refractivity contribution is -0.149. The van der Waals surface area contributed by atoms with Crippen molar-refractivity contribution in [2.24, 2.45) is 5.92 Å². The third-order valence-corrected chi connectivity index (χ3v) is 6.59. The van der Waals surface area contributed by atoms with E-state index in [2.05, 4.69) is 0 Å².